The van der Waals surface area contributed by atoms with Crippen molar-refractivity contribution in [3.8, 4) is 22.3 Å². The van der Waals surface area contributed by atoms with Gasteiger partial charge in [0.25, 0.3) is 0 Å². The fourth-order valence-corrected chi connectivity index (χ4v) is 31.6. The molecule has 249 valence electrons. The predicted octanol–water partition coefficient (Wildman–Crippen LogP) is 13.8. The van der Waals surface area contributed by atoms with Crippen molar-refractivity contribution in [3.05, 3.63) is 129 Å². The molecule has 0 radical (unpaired) electrons. The third kappa shape index (κ3) is 6.79. The first-order valence-electron chi connectivity index (χ1n) is 19.0. The molecule has 2 aliphatic carbocycles. The van der Waals surface area contributed by atoms with E-state index < -0.39 is 26.8 Å². The molecule has 0 aromatic heterocycles. The van der Waals surface area contributed by atoms with Crippen LogP contribution in [0, 0.1) is 0 Å². The molecule has 2 unspecified atom stereocenters. The number of unbranched alkanes of at least 4 members (excludes halogenated alkanes) is 2. The first kappa shape index (κ1) is 35.3. The summed E-state index contributed by atoms with van der Waals surface area (Å²) in [5.74, 6) is 0.0356. The van der Waals surface area contributed by atoms with Gasteiger partial charge in [0, 0.05) is 0 Å². The van der Waals surface area contributed by atoms with E-state index in [1.807, 2.05) is 0 Å². The Hall–Kier alpha value is -2.54. The van der Waals surface area contributed by atoms with E-state index in [1.165, 1.54) is 71.9 Å². The van der Waals surface area contributed by atoms with Crippen LogP contribution in [0.1, 0.15) is 133 Å². The summed E-state index contributed by atoms with van der Waals surface area (Å²) in [4.78, 5) is 0. The fraction of sp³-hybridized carbons (Fsp3) is 0.391. The molecule has 2 atom stereocenters. The molecule has 0 heterocycles. The average molecular weight is 729 g/mol. The molecule has 0 spiro atoms. The van der Waals surface area contributed by atoms with Gasteiger partial charge in [-0.3, -0.25) is 0 Å². The van der Waals surface area contributed by atoms with Crippen LogP contribution >= 0.6 is 0 Å². The molecule has 0 fully saturated rings. The summed E-state index contributed by atoms with van der Waals surface area (Å²) in [6.07, 6.45) is 13.0. The number of rotatable bonds is 13. The molecule has 0 amide bonds. The Kier molecular flexibility index (Phi) is 11.4. The second-order valence-electron chi connectivity index (χ2n) is 15.3. The standard InChI is InChI=1S/2C22H25.C2H7Si.Zr/c2*1-4-5-9-17-14-18-10-8-13-21(22(18)15-17)20-12-7-6-11-19(20)16(2)3;1-3-2;/h2*6-8,10-16H,4-5,9H2,1-3H3;3H,1-2H3;. The third-order valence-corrected chi connectivity index (χ3v) is 32.8. The van der Waals surface area contributed by atoms with Crippen LogP contribution in [-0.4, -0.2) is 5.92 Å². The zero-order chi connectivity index (χ0) is 33.9. The van der Waals surface area contributed by atoms with Crippen LogP contribution in [0.4, 0.5) is 0 Å². The van der Waals surface area contributed by atoms with Crippen LogP contribution in [0.2, 0.25) is 13.1 Å². The van der Waals surface area contributed by atoms with Gasteiger partial charge in [-0.05, 0) is 0 Å². The first-order valence-corrected chi connectivity index (χ1v) is 29.0. The van der Waals surface area contributed by atoms with Crippen molar-refractivity contribution in [1.82, 2.24) is 0 Å². The second kappa shape index (κ2) is 15.6. The zero-order valence-electron chi connectivity index (χ0n) is 30.9. The molecule has 4 aromatic rings. The molecule has 0 saturated carbocycles. The van der Waals surface area contributed by atoms with Crippen LogP contribution in [-0.2, 0) is 20.9 Å². The van der Waals surface area contributed by atoms with Gasteiger partial charge in [0.05, 0.1) is 0 Å². The van der Waals surface area contributed by atoms with E-state index in [1.54, 1.807) is 33.4 Å². The van der Waals surface area contributed by atoms with E-state index in [9.17, 15) is 0 Å². The molecule has 4 aromatic carbocycles. The Morgan fingerprint density at radius 3 is 1.31 bits per heavy atom. The number of hydrogen-bond donors (Lipinski definition) is 0. The van der Waals surface area contributed by atoms with E-state index in [-0.39, 0.29) is 0 Å². The van der Waals surface area contributed by atoms with E-state index in [0.717, 1.165) is 0 Å². The van der Waals surface area contributed by atoms with Crippen molar-refractivity contribution in [2.75, 3.05) is 0 Å². The Balaban J connectivity index is 1.53. The van der Waals surface area contributed by atoms with Gasteiger partial charge in [0.15, 0.2) is 0 Å². The summed E-state index contributed by atoms with van der Waals surface area (Å²) < 4.78 is 1.36. The third-order valence-electron chi connectivity index (χ3n) is 11.0. The van der Waals surface area contributed by atoms with Gasteiger partial charge in [-0.15, -0.1) is 0 Å². The SMILES string of the molecule is CCCCC1=Cc2c(-c3ccccc3C(C)C)cccc2[CH]1[Zr]([CH]1C(CCCC)=Cc2c(-c3ccccc3C(C)C)cccc21)[SiH](C)C. The summed E-state index contributed by atoms with van der Waals surface area (Å²) in [6, 6.07) is 33.1. The fourth-order valence-electron chi connectivity index (χ4n) is 8.71. The Bertz CT molecular complexity index is 1680. The van der Waals surface area contributed by atoms with E-state index in [4.69, 9.17) is 0 Å². The first-order chi connectivity index (χ1) is 23.3. The number of hydrogen-bond acceptors (Lipinski definition) is 0. The van der Waals surface area contributed by atoms with Crippen molar-refractivity contribution >= 4 is 18.1 Å². The minimum absolute atomic E-state index is 0.503. The van der Waals surface area contributed by atoms with Gasteiger partial charge < -0.3 is 0 Å². The van der Waals surface area contributed by atoms with Gasteiger partial charge in [-0.2, -0.15) is 0 Å². The van der Waals surface area contributed by atoms with Crippen molar-refractivity contribution < 1.29 is 20.9 Å². The molecule has 0 aliphatic heterocycles. The van der Waals surface area contributed by atoms with Crippen molar-refractivity contribution in [2.24, 2.45) is 0 Å². The molecule has 0 saturated heterocycles. The van der Waals surface area contributed by atoms with Crippen LogP contribution in [0.3, 0.4) is 0 Å². The van der Waals surface area contributed by atoms with Gasteiger partial charge >= 0.3 is 303 Å². The van der Waals surface area contributed by atoms with E-state index >= 15 is 0 Å². The topological polar surface area (TPSA) is 0 Å². The van der Waals surface area contributed by atoms with Gasteiger partial charge in [0.2, 0.25) is 0 Å². The maximum atomic E-state index is 2.73. The van der Waals surface area contributed by atoms with E-state index in [0.29, 0.717) is 19.1 Å². The van der Waals surface area contributed by atoms with E-state index in [2.05, 4.69) is 152 Å². The summed E-state index contributed by atoms with van der Waals surface area (Å²) in [5.41, 5.74) is 18.7. The zero-order valence-corrected chi connectivity index (χ0v) is 34.5. The summed E-state index contributed by atoms with van der Waals surface area (Å²) in [7, 11) is 0. The minimum atomic E-state index is -2.21. The monoisotopic (exact) mass is 727 g/mol. The molecule has 0 N–H and O–H groups in total. The predicted molar refractivity (Wildman–Crippen MR) is 211 cm³/mol. The summed E-state index contributed by atoms with van der Waals surface area (Å²) in [5, 5.41) is 0. The number of benzene rings is 4. The number of fused-ring (bicyclic) bond motifs is 2. The molecule has 2 heteroatoms. The summed E-state index contributed by atoms with van der Waals surface area (Å²) >= 11 is -2.21. The van der Waals surface area contributed by atoms with Gasteiger partial charge in [-0.25, -0.2) is 0 Å². The molecular formula is C46H57SiZr. The molecule has 2 aliphatic rings. The molecule has 0 nitrogen and oxygen atoms in total. The Labute approximate surface area is 301 Å². The van der Waals surface area contributed by atoms with Crippen LogP contribution in [0.5, 0.6) is 0 Å². The van der Waals surface area contributed by atoms with Crippen LogP contribution in [0.15, 0.2) is 96.1 Å². The van der Waals surface area contributed by atoms with Crippen LogP contribution < -0.4 is 0 Å². The van der Waals surface area contributed by atoms with Crippen molar-refractivity contribution in [3.63, 3.8) is 0 Å². The molecule has 0 bridgehead atoms. The average Bonchev–Trinajstić information content (AvgIpc) is 3.64. The Morgan fingerprint density at radius 1 is 0.542 bits per heavy atom. The normalized spacial score (nSPS) is 16.8. The van der Waals surface area contributed by atoms with Gasteiger partial charge in [-0.1, -0.05) is 0 Å². The van der Waals surface area contributed by atoms with Gasteiger partial charge in [0.1, 0.15) is 0 Å². The maximum absolute atomic E-state index is 2.73. The molecular weight excluding hydrogens is 672 g/mol. The van der Waals surface area contributed by atoms with Crippen molar-refractivity contribution in [1.29, 1.82) is 0 Å². The van der Waals surface area contributed by atoms with Crippen molar-refractivity contribution in [2.45, 2.75) is 112 Å². The molecule has 48 heavy (non-hydrogen) atoms. The number of allylic oxidation sites excluding steroid dienone is 2. The van der Waals surface area contributed by atoms with Crippen LogP contribution in [0.25, 0.3) is 34.4 Å². The quantitative estimate of drug-likeness (QED) is 0.120. The Morgan fingerprint density at radius 2 is 0.938 bits per heavy atom. The summed E-state index contributed by atoms with van der Waals surface area (Å²) in [6.45, 7) is 19.6. The molecule has 6 rings (SSSR count). The second-order valence-corrected chi connectivity index (χ2v) is 35.3.